The average molecular weight is 256 g/mol. The van der Waals surface area contributed by atoms with E-state index in [9.17, 15) is 0 Å². The van der Waals surface area contributed by atoms with Gasteiger partial charge in [0.25, 0.3) is 0 Å². The number of ether oxygens (including phenoxy) is 1. The van der Waals surface area contributed by atoms with Gasteiger partial charge in [0.05, 0.1) is 6.10 Å². The second kappa shape index (κ2) is 6.88. The lowest BCUT2D eigenvalue weighted by Crippen LogP contribution is -2.45. The number of hydrogen-bond donors (Lipinski definition) is 1. The van der Waals surface area contributed by atoms with Crippen molar-refractivity contribution in [2.75, 3.05) is 26.7 Å². The SMILES string of the molecule is COC1CN(CCC(N)CC(C)(C)C)CCC1C. The predicted octanol–water partition coefficient (Wildman–Crippen LogP) is 2.50. The van der Waals surface area contributed by atoms with Crippen LogP contribution < -0.4 is 5.73 Å². The summed E-state index contributed by atoms with van der Waals surface area (Å²) in [5, 5.41) is 0. The Morgan fingerprint density at radius 2 is 2.06 bits per heavy atom. The number of methoxy groups -OCH3 is 1. The van der Waals surface area contributed by atoms with E-state index in [0.29, 0.717) is 23.5 Å². The molecule has 1 fully saturated rings. The molecular weight excluding hydrogens is 224 g/mol. The molecule has 0 spiro atoms. The maximum atomic E-state index is 6.21. The first kappa shape index (κ1) is 15.9. The molecule has 0 aliphatic carbocycles. The zero-order valence-electron chi connectivity index (χ0n) is 12.9. The zero-order chi connectivity index (χ0) is 13.8. The molecule has 2 N–H and O–H groups in total. The molecule has 1 saturated heterocycles. The molecule has 3 heteroatoms. The molecule has 1 heterocycles. The van der Waals surface area contributed by atoms with Gasteiger partial charge in [-0.2, -0.15) is 0 Å². The smallest absolute Gasteiger partial charge is 0.0724 e. The lowest BCUT2D eigenvalue weighted by molar-refractivity contribution is -0.00578. The summed E-state index contributed by atoms with van der Waals surface area (Å²) in [7, 11) is 1.83. The van der Waals surface area contributed by atoms with Gasteiger partial charge in [0, 0.05) is 19.7 Å². The quantitative estimate of drug-likeness (QED) is 0.821. The molecule has 0 aromatic carbocycles. The lowest BCUT2D eigenvalue weighted by atomic mass is 9.87. The van der Waals surface area contributed by atoms with Crippen LogP contribution in [0.4, 0.5) is 0 Å². The van der Waals surface area contributed by atoms with E-state index in [2.05, 4.69) is 32.6 Å². The number of hydrogen-bond acceptors (Lipinski definition) is 3. The highest BCUT2D eigenvalue weighted by Gasteiger charge is 2.26. The number of piperidine rings is 1. The average Bonchev–Trinajstić information content (AvgIpc) is 2.25. The molecule has 3 atom stereocenters. The van der Waals surface area contributed by atoms with Gasteiger partial charge in [0.1, 0.15) is 0 Å². The minimum absolute atomic E-state index is 0.324. The van der Waals surface area contributed by atoms with E-state index in [1.165, 1.54) is 13.0 Å². The Morgan fingerprint density at radius 3 is 2.61 bits per heavy atom. The molecule has 1 aliphatic heterocycles. The van der Waals surface area contributed by atoms with Crippen molar-refractivity contribution < 1.29 is 4.74 Å². The summed E-state index contributed by atoms with van der Waals surface area (Å²) in [4.78, 5) is 2.51. The van der Waals surface area contributed by atoms with Crippen LogP contribution in [0.15, 0.2) is 0 Å². The van der Waals surface area contributed by atoms with Crippen LogP contribution in [-0.2, 0) is 4.74 Å². The Bertz CT molecular complexity index is 237. The third kappa shape index (κ3) is 5.68. The number of nitrogens with zero attached hydrogens (tertiary/aromatic N) is 1. The van der Waals surface area contributed by atoms with Gasteiger partial charge in [-0.05, 0) is 43.7 Å². The van der Waals surface area contributed by atoms with E-state index in [4.69, 9.17) is 10.5 Å². The fourth-order valence-electron chi connectivity index (χ4n) is 2.84. The van der Waals surface area contributed by atoms with Gasteiger partial charge in [-0.25, -0.2) is 0 Å². The molecule has 0 aromatic heterocycles. The van der Waals surface area contributed by atoms with E-state index in [-0.39, 0.29) is 0 Å². The Labute approximate surface area is 113 Å². The van der Waals surface area contributed by atoms with Crippen molar-refractivity contribution in [3.8, 4) is 0 Å². The third-order valence-corrected chi connectivity index (χ3v) is 3.97. The molecule has 1 aliphatic rings. The van der Waals surface area contributed by atoms with E-state index in [0.717, 1.165) is 25.9 Å². The highest BCUT2D eigenvalue weighted by Crippen LogP contribution is 2.23. The summed E-state index contributed by atoms with van der Waals surface area (Å²) >= 11 is 0. The monoisotopic (exact) mass is 256 g/mol. The number of rotatable bonds is 5. The van der Waals surface area contributed by atoms with Crippen LogP contribution >= 0.6 is 0 Å². The normalized spacial score (nSPS) is 28.3. The van der Waals surface area contributed by atoms with E-state index >= 15 is 0 Å². The van der Waals surface area contributed by atoms with Crippen molar-refractivity contribution in [1.29, 1.82) is 0 Å². The molecule has 0 amide bonds. The maximum Gasteiger partial charge on any atom is 0.0724 e. The summed E-state index contributed by atoms with van der Waals surface area (Å²) in [5.74, 6) is 0.689. The minimum atomic E-state index is 0.324. The molecule has 0 saturated carbocycles. The summed E-state index contributed by atoms with van der Waals surface area (Å²) in [6.07, 6.45) is 3.85. The summed E-state index contributed by atoms with van der Waals surface area (Å²) in [5.41, 5.74) is 6.55. The first-order valence-electron chi connectivity index (χ1n) is 7.32. The zero-order valence-corrected chi connectivity index (χ0v) is 12.9. The van der Waals surface area contributed by atoms with Gasteiger partial charge in [0.2, 0.25) is 0 Å². The molecule has 3 nitrogen and oxygen atoms in total. The highest BCUT2D eigenvalue weighted by atomic mass is 16.5. The number of nitrogens with two attached hydrogens (primary N) is 1. The van der Waals surface area contributed by atoms with Crippen molar-refractivity contribution >= 4 is 0 Å². The molecule has 3 unspecified atom stereocenters. The minimum Gasteiger partial charge on any atom is -0.380 e. The first-order valence-corrected chi connectivity index (χ1v) is 7.32. The standard InChI is InChI=1S/C15H32N2O/c1-12-6-8-17(11-14(12)18-5)9-7-13(16)10-15(2,3)4/h12-14H,6-11,16H2,1-5H3. The molecule has 1 rings (SSSR count). The van der Waals surface area contributed by atoms with Crippen LogP contribution in [0.25, 0.3) is 0 Å². The lowest BCUT2D eigenvalue weighted by Gasteiger charge is -2.36. The summed E-state index contributed by atoms with van der Waals surface area (Å²) in [6, 6.07) is 0.324. The third-order valence-electron chi connectivity index (χ3n) is 3.97. The molecule has 0 aromatic rings. The summed E-state index contributed by atoms with van der Waals surface area (Å²) < 4.78 is 5.55. The van der Waals surface area contributed by atoms with Crippen LogP contribution in [0.2, 0.25) is 0 Å². The van der Waals surface area contributed by atoms with Gasteiger partial charge >= 0.3 is 0 Å². The topological polar surface area (TPSA) is 38.5 Å². The van der Waals surface area contributed by atoms with Gasteiger partial charge in [-0.3, -0.25) is 0 Å². The van der Waals surface area contributed by atoms with Crippen molar-refractivity contribution in [3.63, 3.8) is 0 Å². The van der Waals surface area contributed by atoms with E-state index < -0.39 is 0 Å². The van der Waals surface area contributed by atoms with E-state index in [1.54, 1.807) is 0 Å². The molecule has 18 heavy (non-hydrogen) atoms. The van der Waals surface area contributed by atoms with Crippen LogP contribution in [0.1, 0.15) is 47.0 Å². The van der Waals surface area contributed by atoms with E-state index in [1.807, 2.05) is 7.11 Å². The number of likely N-dealkylation sites (tertiary alicyclic amines) is 1. The van der Waals surface area contributed by atoms with Crippen molar-refractivity contribution in [3.05, 3.63) is 0 Å². The Morgan fingerprint density at radius 1 is 1.39 bits per heavy atom. The van der Waals surface area contributed by atoms with Crippen LogP contribution in [0.3, 0.4) is 0 Å². The van der Waals surface area contributed by atoms with Gasteiger partial charge in [-0.15, -0.1) is 0 Å². The van der Waals surface area contributed by atoms with Gasteiger partial charge in [0.15, 0.2) is 0 Å². The maximum absolute atomic E-state index is 6.21. The van der Waals surface area contributed by atoms with Crippen molar-refractivity contribution in [2.45, 2.75) is 59.1 Å². The van der Waals surface area contributed by atoms with Crippen molar-refractivity contribution in [1.82, 2.24) is 4.90 Å². The Kier molecular flexibility index (Phi) is 6.09. The first-order chi connectivity index (χ1) is 8.31. The van der Waals surface area contributed by atoms with Crippen molar-refractivity contribution in [2.24, 2.45) is 17.1 Å². The Balaban J connectivity index is 2.27. The predicted molar refractivity (Wildman–Crippen MR) is 77.7 cm³/mol. The second-order valence-electron chi connectivity index (χ2n) is 7.15. The highest BCUT2D eigenvalue weighted by molar-refractivity contribution is 4.80. The Hall–Kier alpha value is -0.120. The van der Waals surface area contributed by atoms with Crippen LogP contribution in [0, 0.1) is 11.3 Å². The molecule has 0 bridgehead atoms. The summed E-state index contributed by atoms with van der Waals surface area (Å²) in [6.45, 7) is 12.5. The molecule has 0 radical (unpaired) electrons. The fourth-order valence-corrected chi connectivity index (χ4v) is 2.84. The molecular formula is C15H32N2O. The van der Waals surface area contributed by atoms with Crippen LogP contribution in [0.5, 0.6) is 0 Å². The fraction of sp³-hybridized carbons (Fsp3) is 1.00. The van der Waals surface area contributed by atoms with Crippen LogP contribution in [-0.4, -0.2) is 43.8 Å². The van der Waals surface area contributed by atoms with Gasteiger partial charge < -0.3 is 15.4 Å². The largest absolute Gasteiger partial charge is 0.380 e. The second-order valence-corrected chi connectivity index (χ2v) is 7.15. The molecule has 108 valence electrons. The van der Waals surface area contributed by atoms with Gasteiger partial charge in [-0.1, -0.05) is 27.7 Å².